The van der Waals surface area contributed by atoms with Gasteiger partial charge in [-0.15, -0.1) is 11.3 Å². The van der Waals surface area contributed by atoms with Gasteiger partial charge in [0.25, 0.3) is 11.5 Å². The van der Waals surface area contributed by atoms with Gasteiger partial charge in [-0.3, -0.25) is 19.5 Å². The Labute approximate surface area is 268 Å². The number of piperazine rings is 1. The van der Waals surface area contributed by atoms with E-state index in [2.05, 4.69) is 39.0 Å². The zero-order valence-electron chi connectivity index (χ0n) is 24.4. The van der Waals surface area contributed by atoms with Gasteiger partial charge in [-0.1, -0.05) is 53.8 Å². The van der Waals surface area contributed by atoms with Crippen LogP contribution in [-0.4, -0.2) is 65.0 Å². The number of halogens is 2. The largest absolute Gasteiger partial charge is 0.453 e. The number of likely N-dealkylation sites (N-methyl/N-ethyl adjacent to an activating group) is 1. The maximum atomic E-state index is 15.2. The van der Waals surface area contributed by atoms with Crippen molar-refractivity contribution >= 4 is 44.7 Å². The molecule has 0 atom stereocenters. The van der Waals surface area contributed by atoms with Crippen LogP contribution in [0.2, 0.25) is 5.02 Å². The molecule has 1 fully saturated rings. The summed E-state index contributed by atoms with van der Waals surface area (Å²) in [5.41, 5.74) is 1.09. The Morgan fingerprint density at radius 3 is 2.64 bits per heavy atom. The quantitative estimate of drug-likeness (QED) is 0.222. The van der Waals surface area contributed by atoms with E-state index in [1.54, 1.807) is 12.3 Å². The number of carbonyl (C=O) groups is 1. The zero-order valence-corrected chi connectivity index (χ0v) is 26.0. The number of pyridine rings is 2. The van der Waals surface area contributed by atoms with Crippen molar-refractivity contribution in [2.75, 3.05) is 45.1 Å². The molecule has 5 aromatic rings. The smallest absolute Gasteiger partial charge is 0.263 e. The Balaban J connectivity index is 1.15. The van der Waals surface area contributed by atoms with Crippen LogP contribution < -0.4 is 15.6 Å². The molecule has 1 amide bonds. The zero-order chi connectivity index (χ0) is 31.3. The molecule has 0 aliphatic carbocycles. The highest BCUT2D eigenvalue weighted by Crippen LogP contribution is 2.36. The Hall–Kier alpha value is -4.53. The fourth-order valence-electron chi connectivity index (χ4n) is 4.94. The number of rotatable bonds is 7. The van der Waals surface area contributed by atoms with E-state index < -0.39 is 17.3 Å². The monoisotopic (exact) mass is 641 g/mol. The number of carbonyl (C=O) groups excluding carboxylic acids is 1. The first kappa shape index (κ1) is 30.5. The number of aromatic nitrogens is 2. The van der Waals surface area contributed by atoms with Crippen molar-refractivity contribution < 1.29 is 13.9 Å². The number of ether oxygens (including phenoxy) is 1. The molecule has 11 heteroatoms. The van der Waals surface area contributed by atoms with Crippen LogP contribution in [0.5, 0.6) is 11.5 Å². The highest BCUT2D eigenvalue weighted by Gasteiger charge is 2.17. The van der Waals surface area contributed by atoms with Gasteiger partial charge in [-0.25, -0.2) is 4.39 Å². The summed E-state index contributed by atoms with van der Waals surface area (Å²) in [6, 6.07) is 18.3. The first-order valence-electron chi connectivity index (χ1n) is 14.3. The van der Waals surface area contributed by atoms with Gasteiger partial charge in [0.1, 0.15) is 11.3 Å². The van der Waals surface area contributed by atoms with Crippen LogP contribution in [0.15, 0.2) is 83.9 Å². The summed E-state index contributed by atoms with van der Waals surface area (Å²) in [6.07, 6.45) is 3.08. The maximum Gasteiger partial charge on any atom is 0.263 e. The second-order valence-corrected chi connectivity index (χ2v) is 12.2. The number of hydrogen-bond donors (Lipinski definition) is 1. The fourth-order valence-corrected chi connectivity index (χ4v) is 6.11. The molecule has 0 saturated carbocycles. The maximum absolute atomic E-state index is 15.2. The first-order chi connectivity index (χ1) is 21.8. The van der Waals surface area contributed by atoms with E-state index in [1.807, 2.05) is 36.4 Å². The van der Waals surface area contributed by atoms with Crippen LogP contribution in [0.25, 0.3) is 10.2 Å². The van der Waals surface area contributed by atoms with Gasteiger partial charge in [0, 0.05) is 56.4 Å². The predicted molar refractivity (Wildman–Crippen MR) is 176 cm³/mol. The van der Waals surface area contributed by atoms with Gasteiger partial charge < -0.3 is 19.5 Å². The number of fused-ring (bicyclic) bond motifs is 1. The van der Waals surface area contributed by atoms with Crippen LogP contribution in [0.4, 0.5) is 10.1 Å². The van der Waals surface area contributed by atoms with Gasteiger partial charge in [0.2, 0.25) is 0 Å². The highest BCUT2D eigenvalue weighted by atomic mass is 35.5. The minimum atomic E-state index is -0.701. The van der Waals surface area contributed by atoms with Crippen molar-refractivity contribution in [3.63, 3.8) is 0 Å². The Bertz CT molecular complexity index is 1980. The molecule has 1 aliphatic rings. The minimum absolute atomic E-state index is 0.0235. The van der Waals surface area contributed by atoms with Crippen molar-refractivity contribution in [1.82, 2.24) is 19.4 Å². The van der Waals surface area contributed by atoms with Gasteiger partial charge >= 0.3 is 0 Å². The van der Waals surface area contributed by atoms with Gasteiger partial charge in [-0.2, -0.15) is 0 Å². The minimum Gasteiger partial charge on any atom is -0.453 e. The molecule has 0 spiro atoms. The lowest BCUT2D eigenvalue weighted by molar-refractivity contribution is 0.102. The molecule has 0 bridgehead atoms. The summed E-state index contributed by atoms with van der Waals surface area (Å²) in [6.45, 7) is 5.03. The second kappa shape index (κ2) is 13.6. The van der Waals surface area contributed by atoms with Crippen LogP contribution in [-0.2, 0) is 6.54 Å². The van der Waals surface area contributed by atoms with Crippen molar-refractivity contribution in [2.45, 2.75) is 6.54 Å². The third-order valence-corrected chi connectivity index (χ3v) is 8.65. The van der Waals surface area contributed by atoms with Crippen molar-refractivity contribution in [3.8, 4) is 23.3 Å². The van der Waals surface area contributed by atoms with E-state index in [9.17, 15) is 9.59 Å². The van der Waals surface area contributed by atoms with Crippen LogP contribution in [0.3, 0.4) is 0 Å². The first-order valence-corrected chi connectivity index (χ1v) is 15.5. The predicted octanol–water partition coefficient (Wildman–Crippen LogP) is 5.94. The van der Waals surface area contributed by atoms with Gasteiger partial charge in [0.15, 0.2) is 11.6 Å². The van der Waals surface area contributed by atoms with Crippen LogP contribution >= 0.6 is 22.9 Å². The number of nitrogens with one attached hydrogen (secondary N) is 1. The number of amides is 1. The summed E-state index contributed by atoms with van der Waals surface area (Å²) >= 11 is 7.67. The summed E-state index contributed by atoms with van der Waals surface area (Å²) in [4.78, 5) is 36.0. The third kappa shape index (κ3) is 7.41. The van der Waals surface area contributed by atoms with E-state index >= 15 is 4.39 Å². The number of nitrogens with zero attached hydrogens (tertiary/aromatic N) is 4. The van der Waals surface area contributed by atoms with Crippen molar-refractivity contribution in [2.24, 2.45) is 0 Å². The van der Waals surface area contributed by atoms with E-state index in [-0.39, 0.29) is 28.6 Å². The Morgan fingerprint density at radius 1 is 1.07 bits per heavy atom. The Morgan fingerprint density at radius 2 is 1.87 bits per heavy atom. The van der Waals surface area contributed by atoms with Crippen molar-refractivity contribution in [1.29, 1.82) is 0 Å². The molecular weight excluding hydrogens is 613 g/mol. The molecule has 2 aromatic carbocycles. The lowest BCUT2D eigenvalue weighted by Crippen LogP contribution is -2.44. The number of anilines is 1. The fraction of sp³-hybridized carbons (Fsp3) is 0.206. The molecule has 8 nitrogen and oxygen atoms in total. The standard InChI is InChI=1S/C34H29ClFN5O3S/c1-39-14-16-40(17-15-39)13-5-8-26-20-29-32(45-26)31(11-12-37-29)44-30-10-9-25(19-28(30)36)38-33(42)27-18-24(35)22-41(34(27)43)21-23-6-3-2-4-7-23/h2-4,6-7,9-12,18-20,22H,13-17,21H2,1H3,(H,38,42). The lowest BCUT2D eigenvalue weighted by Gasteiger charge is -2.30. The molecule has 0 radical (unpaired) electrons. The van der Waals surface area contributed by atoms with E-state index in [0.29, 0.717) is 17.8 Å². The van der Waals surface area contributed by atoms with Gasteiger partial charge in [0.05, 0.1) is 33.2 Å². The Kier molecular flexibility index (Phi) is 9.23. The van der Waals surface area contributed by atoms with E-state index in [4.69, 9.17) is 16.3 Å². The molecule has 1 N–H and O–H groups in total. The topological polar surface area (TPSA) is 79.7 Å². The highest BCUT2D eigenvalue weighted by molar-refractivity contribution is 7.19. The lowest BCUT2D eigenvalue weighted by atomic mass is 10.2. The third-order valence-electron chi connectivity index (χ3n) is 7.39. The SMILES string of the molecule is CN1CCN(CC#Cc2cc3nccc(Oc4ccc(NC(=O)c5cc(Cl)cn(Cc6ccccc6)c5=O)cc4F)c3s2)CC1. The van der Waals surface area contributed by atoms with E-state index in [0.717, 1.165) is 47.4 Å². The summed E-state index contributed by atoms with van der Waals surface area (Å²) in [7, 11) is 2.12. The average Bonchev–Trinajstić information content (AvgIpc) is 3.45. The summed E-state index contributed by atoms with van der Waals surface area (Å²) in [5, 5.41) is 2.82. The molecule has 3 aromatic heterocycles. The molecule has 1 aliphatic heterocycles. The molecule has 6 rings (SSSR count). The van der Waals surface area contributed by atoms with Crippen molar-refractivity contribution in [3.05, 3.63) is 116 Å². The average molecular weight is 642 g/mol. The molecule has 228 valence electrons. The molecular formula is C34H29ClFN5O3S. The molecule has 0 unspecified atom stereocenters. The number of benzene rings is 2. The number of hydrogen-bond acceptors (Lipinski definition) is 7. The van der Waals surface area contributed by atoms with Gasteiger partial charge in [-0.05, 0) is 36.9 Å². The molecule has 45 heavy (non-hydrogen) atoms. The second-order valence-electron chi connectivity index (χ2n) is 10.7. The number of thiophene rings is 1. The summed E-state index contributed by atoms with van der Waals surface area (Å²) in [5.74, 6) is 5.52. The van der Waals surface area contributed by atoms with Crippen LogP contribution in [0, 0.1) is 17.7 Å². The normalized spacial score (nSPS) is 13.8. The molecule has 4 heterocycles. The molecule has 1 saturated heterocycles. The van der Waals surface area contributed by atoms with Crippen LogP contribution in [0.1, 0.15) is 20.8 Å². The van der Waals surface area contributed by atoms with E-state index in [1.165, 1.54) is 40.3 Å². The summed E-state index contributed by atoms with van der Waals surface area (Å²) < 4.78 is 23.3.